The molecule has 0 aliphatic rings. The lowest BCUT2D eigenvalue weighted by Crippen LogP contribution is -2.27. The third-order valence-corrected chi connectivity index (χ3v) is 3.62. The van der Waals surface area contributed by atoms with Crippen molar-refractivity contribution in [3.05, 3.63) is 0 Å². The normalized spacial score (nSPS) is 15.0. The van der Waals surface area contributed by atoms with Crippen LogP contribution >= 0.6 is 0 Å². The molecule has 0 aliphatic heterocycles. The Morgan fingerprint density at radius 2 is 1.31 bits per heavy atom. The van der Waals surface area contributed by atoms with Crippen LogP contribution in [0.25, 0.3) is 0 Å². The zero-order chi connectivity index (χ0) is 12.2. The van der Waals surface area contributed by atoms with Crippen molar-refractivity contribution in [1.29, 1.82) is 0 Å². The maximum atomic E-state index is 6.17. The molecule has 2 atom stereocenters. The molecule has 0 saturated heterocycles. The van der Waals surface area contributed by atoms with Crippen molar-refractivity contribution < 1.29 is 0 Å². The largest absolute Gasteiger partial charge is 0.327 e. The van der Waals surface area contributed by atoms with Gasteiger partial charge in [-0.25, -0.2) is 0 Å². The molecule has 0 fully saturated rings. The smallest absolute Gasteiger partial charge is 0.00645 e. The van der Waals surface area contributed by atoms with E-state index >= 15 is 0 Å². The minimum Gasteiger partial charge on any atom is -0.327 e. The minimum absolute atomic E-state index is 0.440. The Hall–Kier alpha value is -0.0400. The number of nitrogens with two attached hydrogens (primary N) is 1. The summed E-state index contributed by atoms with van der Waals surface area (Å²) >= 11 is 0. The average Bonchev–Trinajstić information content (AvgIpc) is 2.28. The molecular formula is C15H33N. The van der Waals surface area contributed by atoms with E-state index in [-0.39, 0.29) is 0 Å². The van der Waals surface area contributed by atoms with Crippen LogP contribution in [0.15, 0.2) is 0 Å². The predicted octanol–water partition coefficient (Wildman–Crippen LogP) is 4.89. The molecule has 0 saturated carbocycles. The highest BCUT2D eigenvalue weighted by molar-refractivity contribution is 4.68. The van der Waals surface area contributed by atoms with E-state index in [4.69, 9.17) is 5.73 Å². The van der Waals surface area contributed by atoms with E-state index in [1.807, 2.05) is 0 Å². The van der Waals surface area contributed by atoms with Gasteiger partial charge >= 0.3 is 0 Å². The van der Waals surface area contributed by atoms with E-state index in [9.17, 15) is 0 Å². The Kier molecular flexibility index (Phi) is 11.4. The summed E-state index contributed by atoms with van der Waals surface area (Å²) in [6, 6.07) is 0.440. The molecule has 0 spiro atoms. The maximum absolute atomic E-state index is 6.17. The number of rotatable bonds is 11. The van der Waals surface area contributed by atoms with Gasteiger partial charge in [-0.05, 0) is 18.8 Å². The van der Waals surface area contributed by atoms with E-state index in [0.29, 0.717) is 12.0 Å². The predicted molar refractivity (Wildman–Crippen MR) is 74.7 cm³/mol. The van der Waals surface area contributed by atoms with Gasteiger partial charge in [0.15, 0.2) is 0 Å². The van der Waals surface area contributed by atoms with Crippen molar-refractivity contribution in [1.82, 2.24) is 0 Å². The highest BCUT2D eigenvalue weighted by atomic mass is 14.6. The van der Waals surface area contributed by atoms with Crippen LogP contribution in [0.1, 0.15) is 85.0 Å². The molecule has 98 valence electrons. The van der Waals surface area contributed by atoms with E-state index in [1.54, 1.807) is 0 Å². The van der Waals surface area contributed by atoms with Crippen molar-refractivity contribution >= 4 is 0 Å². The van der Waals surface area contributed by atoms with Gasteiger partial charge in [-0.1, -0.05) is 72.1 Å². The van der Waals surface area contributed by atoms with Crippen molar-refractivity contribution in [3.63, 3.8) is 0 Å². The highest BCUT2D eigenvalue weighted by Crippen LogP contribution is 2.15. The van der Waals surface area contributed by atoms with Gasteiger partial charge in [0.05, 0.1) is 0 Å². The summed E-state index contributed by atoms with van der Waals surface area (Å²) in [5, 5.41) is 0. The third-order valence-electron chi connectivity index (χ3n) is 3.62. The second kappa shape index (κ2) is 11.4. The van der Waals surface area contributed by atoms with Gasteiger partial charge in [0.25, 0.3) is 0 Å². The number of hydrogen-bond acceptors (Lipinski definition) is 1. The van der Waals surface area contributed by atoms with E-state index in [1.165, 1.54) is 64.2 Å². The monoisotopic (exact) mass is 227 g/mol. The number of hydrogen-bond donors (Lipinski definition) is 1. The molecule has 0 rings (SSSR count). The SMILES string of the molecule is CCCCCCCCCC(N)C(C)CCC. The maximum Gasteiger partial charge on any atom is 0.00645 e. The van der Waals surface area contributed by atoms with Crippen LogP contribution in [0.3, 0.4) is 0 Å². The van der Waals surface area contributed by atoms with Crippen LogP contribution in [0.4, 0.5) is 0 Å². The molecule has 1 nitrogen and oxygen atoms in total. The minimum atomic E-state index is 0.440. The van der Waals surface area contributed by atoms with Gasteiger partial charge in [0.2, 0.25) is 0 Å². The average molecular weight is 227 g/mol. The summed E-state index contributed by atoms with van der Waals surface area (Å²) < 4.78 is 0. The van der Waals surface area contributed by atoms with Crippen LogP contribution in [0.2, 0.25) is 0 Å². The Bertz CT molecular complexity index is 133. The second-order valence-electron chi connectivity index (χ2n) is 5.34. The van der Waals surface area contributed by atoms with Crippen molar-refractivity contribution in [2.45, 2.75) is 91.0 Å². The zero-order valence-corrected chi connectivity index (χ0v) is 11.8. The zero-order valence-electron chi connectivity index (χ0n) is 11.8. The van der Waals surface area contributed by atoms with Gasteiger partial charge in [0, 0.05) is 6.04 Å². The molecule has 0 heterocycles. The molecule has 16 heavy (non-hydrogen) atoms. The molecule has 0 amide bonds. The first kappa shape index (κ1) is 16.0. The summed E-state index contributed by atoms with van der Waals surface area (Å²) in [6.07, 6.45) is 13.5. The molecule has 0 bridgehead atoms. The molecule has 2 unspecified atom stereocenters. The Labute approximate surface area is 103 Å². The lowest BCUT2D eigenvalue weighted by atomic mass is 9.93. The summed E-state index contributed by atoms with van der Waals surface area (Å²) in [5.74, 6) is 0.713. The fourth-order valence-electron chi connectivity index (χ4n) is 2.29. The fourth-order valence-corrected chi connectivity index (χ4v) is 2.29. The molecule has 0 aliphatic carbocycles. The van der Waals surface area contributed by atoms with Gasteiger partial charge in [0.1, 0.15) is 0 Å². The fraction of sp³-hybridized carbons (Fsp3) is 1.00. The van der Waals surface area contributed by atoms with Crippen LogP contribution in [0, 0.1) is 5.92 Å². The summed E-state index contributed by atoms with van der Waals surface area (Å²) in [7, 11) is 0. The standard InChI is InChI=1S/C15H33N/c1-4-6-7-8-9-10-11-13-15(16)14(3)12-5-2/h14-15H,4-13,16H2,1-3H3. The van der Waals surface area contributed by atoms with Gasteiger partial charge in [-0.2, -0.15) is 0 Å². The Morgan fingerprint density at radius 1 is 0.750 bits per heavy atom. The van der Waals surface area contributed by atoms with Crippen LogP contribution < -0.4 is 5.73 Å². The van der Waals surface area contributed by atoms with Crippen molar-refractivity contribution in [2.24, 2.45) is 11.7 Å². The Balaban J connectivity index is 3.23. The summed E-state index contributed by atoms with van der Waals surface area (Å²) in [5.41, 5.74) is 6.17. The summed E-state index contributed by atoms with van der Waals surface area (Å²) in [6.45, 7) is 6.82. The van der Waals surface area contributed by atoms with Gasteiger partial charge in [-0.3, -0.25) is 0 Å². The van der Waals surface area contributed by atoms with E-state index < -0.39 is 0 Å². The summed E-state index contributed by atoms with van der Waals surface area (Å²) in [4.78, 5) is 0. The third kappa shape index (κ3) is 9.21. The molecule has 0 radical (unpaired) electrons. The van der Waals surface area contributed by atoms with Crippen molar-refractivity contribution in [2.75, 3.05) is 0 Å². The molecule has 0 aromatic heterocycles. The van der Waals surface area contributed by atoms with Gasteiger partial charge < -0.3 is 5.73 Å². The van der Waals surface area contributed by atoms with Crippen LogP contribution in [-0.4, -0.2) is 6.04 Å². The van der Waals surface area contributed by atoms with Crippen molar-refractivity contribution in [3.8, 4) is 0 Å². The molecule has 0 aromatic rings. The first-order valence-electron chi connectivity index (χ1n) is 7.47. The van der Waals surface area contributed by atoms with E-state index in [2.05, 4.69) is 20.8 Å². The lowest BCUT2D eigenvalue weighted by molar-refractivity contribution is 0.388. The Morgan fingerprint density at radius 3 is 1.88 bits per heavy atom. The van der Waals surface area contributed by atoms with Crippen LogP contribution in [-0.2, 0) is 0 Å². The quantitative estimate of drug-likeness (QED) is 0.500. The van der Waals surface area contributed by atoms with E-state index in [0.717, 1.165) is 0 Å². The first-order chi connectivity index (χ1) is 7.72. The topological polar surface area (TPSA) is 26.0 Å². The molecule has 1 heteroatoms. The van der Waals surface area contributed by atoms with Gasteiger partial charge in [-0.15, -0.1) is 0 Å². The molecular weight excluding hydrogens is 194 g/mol. The first-order valence-corrected chi connectivity index (χ1v) is 7.47. The molecule has 2 N–H and O–H groups in total. The highest BCUT2D eigenvalue weighted by Gasteiger charge is 2.10. The second-order valence-corrected chi connectivity index (χ2v) is 5.34. The van der Waals surface area contributed by atoms with Crippen LogP contribution in [0.5, 0.6) is 0 Å². The molecule has 0 aromatic carbocycles. The number of unbranched alkanes of at least 4 members (excludes halogenated alkanes) is 6. The lowest BCUT2D eigenvalue weighted by Gasteiger charge is -2.18.